The van der Waals surface area contributed by atoms with Crippen LogP contribution in [0.4, 0.5) is 0 Å². The first-order chi connectivity index (χ1) is 9.81. The number of unbranched alkanes of at least 4 members (excludes halogenated alkanes) is 4. The molecule has 0 atom stereocenters. The Morgan fingerprint density at radius 2 is 1.95 bits per heavy atom. The Morgan fingerprint density at radius 3 is 2.70 bits per heavy atom. The number of allylic oxidation sites excluding steroid dienone is 1. The highest BCUT2D eigenvalue weighted by molar-refractivity contribution is 7.99. The molecule has 0 heterocycles. The predicted molar refractivity (Wildman–Crippen MR) is 89.1 cm³/mol. The van der Waals surface area contributed by atoms with Gasteiger partial charge in [-0.2, -0.15) is 11.8 Å². The number of esters is 1. The van der Waals surface area contributed by atoms with Crippen molar-refractivity contribution in [3.8, 4) is 0 Å². The van der Waals surface area contributed by atoms with Crippen LogP contribution in [0.2, 0.25) is 0 Å². The van der Waals surface area contributed by atoms with Crippen LogP contribution in [0.25, 0.3) is 0 Å². The lowest BCUT2D eigenvalue weighted by Crippen LogP contribution is -1.97. The molecule has 0 aliphatic rings. The molecule has 0 amide bonds. The fraction of sp³-hybridized carbons (Fsp3) is 0.647. The van der Waals surface area contributed by atoms with Gasteiger partial charge in [-0.3, -0.25) is 4.79 Å². The molecule has 0 aromatic rings. The van der Waals surface area contributed by atoms with Crippen molar-refractivity contribution in [1.82, 2.24) is 0 Å². The number of ether oxygens (including phenoxy) is 1. The third-order valence-electron chi connectivity index (χ3n) is 2.76. The van der Waals surface area contributed by atoms with E-state index in [-0.39, 0.29) is 5.97 Å². The van der Waals surface area contributed by atoms with Gasteiger partial charge in [0.2, 0.25) is 0 Å². The molecule has 114 valence electrons. The second-order valence-electron chi connectivity index (χ2n) is 4.55. The summed E-state index contributed by atoms with van der Waals surface area (Å²) in [6.07, 6.45) is 16.1. The highest BCUT2D eigenvalue weighted by Gasteiger charge is 1.94. The summed E-state index contributed by atoms with van der Waals surface area (Å²) in [5.41, 5.74) is 3.09. The van der Waals surface area contributed by atoms with Gasteiger partial charge in [-0.1, -0.05) is 38.3 Å². The number of hydrogen-bond donors (Lipinski definition) is 0. The third-order valence-corrected chi connectivity index (χ3v) is 3.59. The largest absolute Gasteiger partial charge is 0.469 e. The molecule has 0 aliphatic carbocycles. The summed E-state index contributed by atoms with van der Waals surface area (Å²) in [5.74, 6) is 1.87. The Bertz CT molecular complexity index is 315. The van der Waals surface area contributed by atoms with E-state index in [1.807, 2.05) is 23.9 Å². The van der Waals surface area contributed by atoms with Crippen molar-refractivity contribution in [2.45, 2.75) is 51.9 Å². The molecule has 0 saturated heterocycles. The maximum Gasteiger partial charge on any atom is 0.305 e. The van der Waals surface area contributed by atoms with Crippen LogP contribution in [0.15, 0.2) is 30.0 Å². The topological polar surface area (TPSA) is 26.3 Å². The van der Waals surface area contributed by atoms with Gasteiger partial charge in [0.05, 0.1) is 7.11 Å². The zero-order valence-electron chi connectivity index (χ0n) is 12.9. The summed E-state index contributed by atoms with van der Waals surface area (Å²) in [5, 5.41) is 0. The Balaban J connectivity index is 3.36. The van der Waals surface area contributed by atoms with Crippen LogP contribution >= 0.6 is 11.8 Å². The molecule has 0 aromatic heterocycles. The fourth-order valence-corrected chi connectivity index (χ4v) is 2.20. The van der Waals surface area contributed by atoms with Gasteiger partial charge >= 0.3 is 5.97 Å². The number of hydrogen-bond acceptors (Lipinski definition) is 3. The molecule has 0 bridgehead atoms. The zero-order valence-corrected chi connectivity index (χ0v) is 13.7. The first-order valence-electron chi connectivity index (χ1n) is 7.50. The van der Waals surface area contributed by atoms with Crippen LogP contribution in [0, 0.1) is 0 Å². The fourth-order valence-electron chi connectivity index (χ4n) is 1.58. The lowest BCUT2D eigenvalue weighted by atomic mass is 10.1. The molecular weight excluding hydrogens is 268 g/mol. The summed E-state index contributed by atoms with van der Waals surface area (Å²) in [7, 11) is 1.41. The molecule has 0 saturated carbocycles. The Hall–Kier alpha value is -0.920. The van der Waals surface area contributed by atoms with Gasteiger partial charge < -0.3 is 4.74 Å². The average Bonchev–Trinajstić information content (AvgIpc) is 2.47. The Kier molecular flexibility index (Phi) is 15.4. The van der Waals surface area contributed by atoms with E-state index in [9.17, 15) is 4.79 Å². The quantitative estimate of drug-likeness (QED) is 0.221. The van der Waals surface area contributed by atoms with Crippen molar-refractivity contribution in [2.75, 3.05) is 18.6 Å². The molecule has 0 aliphatic heterocycles. The number of carbonyl (C=O) groups is 1. The second kappa shape index (κ2) is 16.1. The summed E-state index contributed by atoms with van der Waals surface area (Å²) < 4.78 is 4.55. The smallest absolute Gasteiger partial charge is 0.305 e. The normalized spacial score (nSPS) is 10.3. The van der Waals surface area contributed by atoms with Gasteiger partial charge in [-0.05, 0) is 31.4 Å². The third kappa shape index (κ3) is 15.1. The standard InChI is InChI=1S/C17H28O2S/c1-3-4-5-6-7-9-12-15-20-16-13-10-8-11-14-17(18)19-2/h8-9,12-13H,3-7,11,14-16H2,1-2H3/b12-9-. The number of methoxy groups -OCH3 is 1. The molecule has 2 nitrogen and oxygen atoms in total. The van der Waals surface area contributed by atoms with Gasteiger partial charge in [0, 0.05) is 17.9 Å². The molecule has 0 spiro atoms. The molecule has 0 unspecified atom stereocenters. The average molecular weight is 296 g/mol. The van der Waals surface area contributed by atoms with E-state index in [0.29, 0.717) is 12.8 Å². The van der Waals surface area contributed by atoms with Crippen molar-refractivity contribution >= 4 is 17.7 Å². The summed E-state index contributed by atoms with van der Waals surface area (Å²) >= 11 is 1.87. The molecule has 0 aromatic carbocycles. The van der Waals surface area contributed by atoms with Crippen LogP contribution in [0.3, 0.4) is 0 Å². The minimum Gasteiger partial charge on any atom is -0.469 e. The Morgan fingerprint density at radius 1 is 1.10 bits per heavy atom. The summed E-state index contributed by atoms with van der Waals surface area (Å²) in [6.45, 7) is 2.24. The highest BCUT2D eigenvalue weighted by Crippen LogP contribution is 2.05. The highest BCUT2D eigenvalue weighted by atomic mass is 32.2. The first kappa shape index (κ1) is 19.1. The molecule has 20 heavy (non-hydrogen) atoms. The SMILES string of the molecule is CCCCCC/C=C\CSCC=C=CCCC(=O)OC. The lowest BCUT2D eigenvalue weighted by Gasteiger charge is -1.94. The first-order valence-corrected chi connectivity index (χ1v) is 8.65. The monoisotopic (exact) mass is 296 g/mol. The molecule has 0 rings (SSSR count). The van der Waals surface area contributed by atoms with E-state index in [4.69, 9.17) is 0 Å². The van der Waals surface area contributed by atoms with E-state index < -0.39 is 0 Å². The van der Waals surface area contributed by atoms with E-state index >= 15 is 0 Å². The maximum absolute atomic E-state index is 10.8. The van der Waals surface area contributed by atoms with Crippen LogP contribution in [0.1, 0.15) is 51.9 Å². The molecule has 0 N–H and O–H groups in total. The van der Waals surface area contributed by atoms with Crippen LogP contribution in [-0.2, 0) is 9.53 Å². The molecule has 0 fully saturated rings. The van der Waals surface area contributed by atoms with Crippen molar-refractivity contribution < 1.29 is 9.53 Å². The van der Waals surface area contributed by atoms with Crippen molar-refractivity contribution in [1.29, 1.82) is 0 Å². The van der Waals surface area contributed by atoms with Crippen LogP contribution in [0.5, 0.6) is 0 Å². The van der Waals surface area contributed by atoms with Crippen molar-refractivity contribution in [3.63, 3.8) is 0 Å². The number of thioether (sulfide) groups is 1. The Labute approximate surface area is 128 Å². The minimum atomic E-state index is -0.165. The summed E-state index contributed by atoms with van der Waals surface area (Å²) in [4.78, 5) is 10.8. The van der Waals surface area contributed by atoms with Gasteiger partial charge in [-0.25, -0.2) is 0 Å². The second-order valence-corrected chi connectivity index (χ2v) is 5.62. The van der Waals surface area contributed by atoms with E-state index in [1.54, 1.807) is 0 Å². The van der Waals surface area contributed by atoms with Crippen LogP contribution < -0.4 is 0 Å². The zero-order chi connectivity index (χ0) is 14.9. The van der Waals surface area contributed by atoms with E-state index in [0.717, 1.165) is 11.5 Å². The van der Waals surface area contributed by atoms with E-state index in [1.165, 1.54) is 39.2 Å². The maximum atomic E-state index is 10.8. The van der Waals surface area contributed by atoms with Gasteiger partial charge in [0.15, 0.2) is 0 Å². The van der Waals surface area contributed by atoms with Gasteiger partial charge in [0.25, 0.3) is 0 Å². The molecular formula is C17H28O2S. The number of rotatable bonds is 12. The van der Waals surface area contributed by atoms with Crippen LogP contribution in [-0.4, -0.2) is 24.6 Å². The number of carbonyl (C=O) groups excluding carboxylic acids is 1. The predicted octanol–water partition coefficient (Wildman–Crippen LogP) is 4.91. The van der Waals surface area contributed by atoms with Crippen molar-refractivity contribution in [2.24, 2.45) is 0 Å². The van der Waals surface area contributed by atoms with E-state index in [2.05, 4.69) is 29.5 Å². The summed E-state index contributed by atoms with van der Waals surface area (Å²) in [6, 6.07) is 0. The minimum absolute atomic E-state index is 0.165. The molecule has 3 heteroatoms. The van der Waals surface area contributed by atoms with Crippen molar-refractivity contribution in [3.05, 3.63) is 30.0 Å². The van der Waals surface area contributed by atoms with Gasteiger partial charge in [0.1, 0.15) is 0 Å². The lowest BCUT2D eigenvalue weighted by molar-refractivity contribution is -0.140. The van der Waals surface area contributed by atoms with Gasteiger partial charge in [-0.15, -0.1) is 5.73 Å². The molecule has 0 radical (unpaired) electrons.